The number of rotatable bonds is 5. The summed E-state index contributed by atoms with van der Waals surface area (Å²) in [4.78, 5) is 13.8. The third-order valence-corrected chi connectivity index (χ3v) is 4.05. The minimum absolute atomic E-state index is 0.154. The molecular formula is C17H19F4N3O2. The van der Waals surface area contributed by atoms with Gasteiger partial charge in [-0.1, -0.05) is 18.2 Å². The van der Waals surface area contributed by atoms with Crippen molar-refractivity contribution in [3.8, 4) is 0 Å². The van der Waals surface area contributed by atoms with E-state index in [2.05, 4.69) is 0 Å². The molecule has 1 saturated heterocycles. The van der Waals surface area contributed by atoms with Crippen LogP contribution in [-0.4, -0.2) is 42.0 Å². The van der Waals surface area contributed by atoms with Crippen molar-refractivity contribution in [1.82, 2.24) is 4.90 Å². The van der Waals surface area contributed by atoms with Crippen molar-refractivity contribution in [1.29, 1.82) is 5.41 Å². The minimum Gasteiger partial charge on any atom is -0.395 e. The Labute approximate surface area is 147 Å². The lowest BCUT2D eigenvalue weighted by molar-refractivity contribution is -0.128. The van der Waals surface area contributed by atoms with Gasteiger partial charge in [-0.3, -0.25) is 10.2 Å². The summed E-state index contributed by atoms with van der Waals surface area (Å²) in [5.74, 6) is -1.47. The number of amides is 1. The van der Waals surface area contributed by atoms with E-state index in [1.54, 1.807) is 6.07 Å². The Hall–Kier alpha value is -2.42. The van der Waals surface area contributed by atoms with E-state index in [4.69, 9.17) is 15.9 Å². The molecule has 1 aromatic rings. The summed E-state index contributed by atoms with van der Waals surface area (Å²) in [6.07, 6.45) is -3.64. The first kappa shape index (κ1) is 19.9. The number of allylic oxidation sites excluding steroid dienone is 1. The van der Waals surface area contributed by atoms with Crippen molar-refractivity contribution >= 4 is 11.6 Å². The standard InChI is InChI=1S/C17H19F4N3O2/c18-13-4-2-1-3-11(13)10-24(12-5-7-26-8-6-12)16(25)14(22)9-15(23)17(19,20)21/h1-4,9,12,22H,5-8,10,23H2. The number of carbonyl (C=O) groups excluding carboxylic acids is 1. The summed E-state index contributed by atoms with van der Waals surface area (Å²) in [5, 5.41) is 7.70. The number of halogens is 4. The first-order valence-corrected chi connectivity index (χ1v) is 7.95. The Kier molecular flexibility index (Phi) is 6.36. The van der Waals surface area contributed by atoms with E-state index < -0.39 is 29.3 Å². The Morgan fingerprint density at radius 3 is 2.50 bits per heavy atom. The van der Waals surface area contributed by atoms with E-state index >= 15 is 0 Å². The average Bonchev–Trinajstić information content (AvgIpc) is 2.60. The third kappa shape index (κ3) is 5.04. The second kappa shape index (κ2) is 8.31. The smallest absolute Gasteiger partial charge is 0.395 e. The van der Waals surface area contributed by atoms with E-state index in [0.29, 0.717) is 26.1 Å². The van der Waals surface area contributed by atoms with Crippen molar-refractivity contribution < 1.29 is 27.1 Å². The van der Waals surface area contributed by atoms with Gasteiger partial charge >= 0.3 is 6.18 Å². The Morgan fingerprint density at radius 1 is 1.31 bits per heavy atom. The number of nitrogens with one attached hydrogen (secondary N) is 1. The highest BCUT2D eigenvalue weighted by Gasteiger charge is 2.34. The normalized spacial score (nSPS) is 16.4. The van der Waals surface area contributed by atoms with Gasteiger partial charge in [0.1, 0.15) is 17.2 Å². The zero-order chi connectivity index (χ0) is 19.3. The summed E-state index contributed by atoms with van der Waals surface area (Å²) in [7, 11) is 0. The highest BCUT2D eigenvalue weighted by Crippen LogP contribution is 2.23. The number of hydrogen-bond donors (Lipinski definition) is 2. The number of alkyl halides is 3. The molecule has 142 valence electrons. The fraction of sp³-hybridized carbons (Fsp3) is 0.412. The van der Waals surface area contributed by atoms with Crippen LogP contribution in [0.15, 0.2) is 36.0 Å². The minimum atomic E-state index is -4.83. The van der Waals surface area contributed by atoms with Gasteiger partial charge in [-0.05, 0) is 25.0 Å². The maximum atomic E-state index is 14.0. The van der Waals surface area contributed by atoms with Crippen molar-refractivity contribution in [2.75, 3.05) is 13.2 Å². The summed E-state index contributed by atoms with van der Waals surface area (Å²) in [6, 6.07) is 5.44. The first-order valence-electron chi connectivity index (χ1n) is 7.95. The molecule has 1 aliphatic heterocycles. The van der Waals surface area contributed by atoms with Crippen molar-refractivity contribution in [3.05, 3.63) is 47.4 Å². The summed E-state index contributed by atoms with van der Waals surface area (Å²) >= 11 is 0. The van der Waals surface area contributed by atoms with Gasteiger partial charge in [-0.25, -0.2) is 4.39 Å². The molecule has 1 aromatic carbocycles. The quantitative estimate of drug-likeness (QED) is 0.615. The van der Waals surface area contributed by atoms with Gasteiger partial charge in [-0.2, -0.15) is 13.2 Å². The molecule has 2 rings (SSSR count). The van der Waals surface area contributed by atoms with Crippen LogP contribution in [0.4, 0.5) is 17.6 Å². The second-order valence-corrected chi connectivity index (χ2v) is 5.88. The van der Waals surface area contributed by atoms with Gasteiger partial charge in [0.2, 0.25) is 0 Å². The van der Waals surface area contributed by atoms with Gasteiger partial charge in [0.15, 0.2) is 0 Å². The molecule has 3 N–H and O–H groups in total. The fourth-order valence-corrected chi connectivity index (χ4v) is 2.63. The number of ether oxygens (including phenoxy) is 1. The number of benzene rings is 1. The van der Waals surface area contributed by atoms with Crippen LogP contribution in [0.3, 0.4) is 0 Å². The van der Waals surface area contributed by atoms with Crippen LogP contribution in [-0.2, 0) is 16.1 Å². The van der Waals surface area contributed by atoms with Gasteiger partial charge in [0, 0.05) is 31.4 Å². The Bertz CT molecular complexity index is 697. The second-order valence-electron chi connectivity index (χ2n) is 5.88. The van der Waals surface area contributed by atoms with Crippen molar-refractivity contribution in [2.24, 2.45) is 5.73 Å². The topological polar surface area (TPSA) is 79.4 Å². The predicted molar refractivity (Wildman–Crippen MR) is 86.8 cm³/mol. The number of carbonyl (C=O) groups is 1. The fourth-order valence-electron chi connectivity index (χ4n) is 2.63. The number of nitrogens with two attached hydrogens (primary N) is 1. The van der Waals surface area contributed by atoms with Gasteiger partial charge in [-0.15, -0.1) is 0 Å². The number of hydrogen-bond acceptors (Lipinski definition) is 4. The monoisotopic (exact) mass is 373 g/mol. The molecule has 1 amide bonds. The molecule has 0 bridgehead atoms. The van der Waals surface area contributed by atoms with Crippen LogP contribution in [0.2, 0.25) is 0 Å². The molecule has 0 unspecified atom stereocenters. The molecule has 0 spiro atoms. The van der Waals surface area contributed by atoms with Crippen LogP contribution in [0, 0.1) is 11.2 Å². The summed E-state index contributed by atoms with van der Waals surface area (Å²) < 4.78 is 56.8. The van der Waals surface area contributed by atoms with E-state index in [1.165, 1.54) is 23.1 Å². The SMILES string of the molecule is N=C(C=C(N)C(F)(F)F)C(=O)N(Cc1ccccc1F)C1CCOCC1. The number of nitrogens with zero attached hydrogens (tertiary/aromatic N) is 1. The van der Waals surface area contributed by atoms with Gasteiger partial charge < -0.3 is 15.4 Å². The molecule has 1 heterocycles. The van der Waals surface area contributed by atoms with Crippen molar-refractivity contribution in [2.45, 2.75) is 31.6 Å². The summed E-state index contributed by atoms with van der Waals surface area (Å²) in [6.45, 7) is 0.595. The third-order valence-electron chi connectivity index (χ3n) is 4.05. The first-order chi connectivity index (χ1) is 12.2. The van der Waals surface area contributed by atoms with Gasteiger partial charge in [0.25, 0.3) is 5.91 Å². The van der Waals surface area contributed by atoms with Gasteiger partial charge in [0.05, 0.1) is 0 Å². The molecule has 0 aromatic heterocycles. The maximum absolute atomic E-state index is 14.0. The molecule has 1 fully saturated rings. The predicted octanol–water partition coefficient (Wildman–Crippen LogP) is 2.76. The molecular weight excluding hydrogens is 354 g/mol. The van der Waals surface area contributed by atoms with E-state index in [-0.39, 0.29) is 24.2 Å². The highest BCUT2D eigenvalue weighted by atomic mass is 19.4. The molecule has 0 saturated carbocycles. The summed E-state index contributed by atoms with van der Waals surface area (Å²) in [5.41, 5.74) is 2.67. The molecule has 26 heavy (non-hydrogen) atoms. The van der Waals surface area contributed by atoms with Crippen molar-refractivity contribution in [3.63, 3.8) is 0 Å². The van der Waals surface area contributed by atoms with Crippen LogP contribution in [0.1, 0.15) is 18.4 Å². The van der Waals surface area contributed by atoms with Crippen LogP contribution in [0.25, 0.3) is 0 Å². The maximum Gasteiger partial charge on any atom is 0.430 e. The average molecular weight is 373 g/mol. The molecule has 0 aliphatic carbocycles. The van der Waals surface area contributed by atoms with Crippen LogP contribution < -0.4 is 5.73 Å². The molecule has 0 atom stereocenters. The molecule has 9 heteroatoms. The molecule has 0 radical (unpaired) electrons. The largest absolute Gasteiger partial charge is 0.430 e. The van der Waals surface area contributed by atoms with Crippen LogP contribution in [0.5, 0.6) is 0 Å². The highest BCUT2D eigenvalue weighted by molar-refractivity contribution is 6.42. The van der Waals surface area contributed by atoms with E-state index in [9.17, 15) is 22.4 Å². The Balaban J connectivity index is 2.26. The lowest BCUT2D eigenvalue weighted by atomic mass is 10.0. The molecule has 5 nitrogen and oxygen atoms in total. The zero-order valence-corrected chi connectivity index (χ0v) is 13.9. The van der Waals surface area contributed by atoms with E-state index in [0.717, 1.165) is 0 Å². The van der Waals surface area contributed by atoms with E-state index in [1.807, 2.05) is 0 Å². The van der Waals surface area contributed by atoms with Crippen LogP contribution >= 0.6 is 0 Å². The lowest BCUT2D eigenvalue weighted by Gasteiger charge is -2.34. The molecule has 1 aliphatic rings. The Morgan fingerprint density at radius 2 is 1.92 bits per heavy atom. The zero-order valence-electron chi connectivity index (χ0n) is 13.9. The lowest BCUT2D eigenvalue weighted by Crippen LogP contribution is -2.45.